The molecule has 0 rings (SSSR count). The van der Waals surface area contributed by atoms with E-state index in [0.717, 1.165) is 6.04 Å². The molecule has 0 bridgehead atoms. The van der Waals surface area contributed by atoms with Crippen LogP contribution < -0.4 is 11.5 Å². The van der Waals surface area contributed by atoms with Crippen molar-refractivity contribution in [1.82, 2.24) is 0 Å². The maximum Gasteiger partial charge on any atom is 0.301 e. The molecule has 7 heteroatoms. The molecule has 0 aromatic carbocycles. The smallest absolute Gasteiger partial charge is 0.301 e. The third-order valence-corrected chi connectivity index (χ3v) is 5.59. The lowest BCUT2D eigenvalue weighted by atomic mass is 9.95. The Morgan fingerprint density at radius 2 is 1.67 bits per heavy atom. The highest BCUT2D eigenvalue weighted by atomic mass is 29.1. The van der Waals surface area contributed by atoms with Gasteiger partial charge in [-0.25, -0.2) is 0 Å². The van der Waals surface area contributed by atoms with E-state index in [4.69, 9.17) is 25.7 Å². The topological polar surface area (TPSA) is 79.7 Å². The van der Waals surface area contributed by atoms with Gasteiger partial charge in [-0.1, -0.05) is 0 Å². The van der Waals surface area contributed by atoms with Gasteiger partial charge in [0.1, 0.15) is 0 Å². The van der Waals surface area contributed by atoms with Gasteiger partial charge in [-0.15, -0.1) is 0 Å². The molecule has 0 saturated carbocycles. The molecule has 4 N–H and O–H groups in total. The Bertz CT molecular complexity index is 165. The zero-order valence-electron chi connectivity index (χ0n) is 10.2. The zero-order chi connectivity index (χ0) is 11.9. The normalized spacial score (nSPS) is 17.4. The lowest BCUT2D eigenvalue weighted by Gasteiger charge is -2.44. The first kappa shape index (κ1) is 15.2. The molecule has 1 unspecified atom stereocenters. The van der Waals surface area contributed by atoms with Gasteiger partial charge in [-0.3, -0.25) is 0 Å². The molecule has 0 radical (unpaired) electrons. The maximum absolute atomic E-state index is 6.33. The average molecular weight is 252 g/mol. The summed E-state index contributed by atoms with van der Waals surface area (Å²) < 4.78 is 16.0. The highest BCUT2D eigenvalue weighted by molar-refractivity contribution is 6.89. The van der Waals surface area contributed by atoms with E-state index in [0.29, 0.717) is 13.0 Å². The highest BCUT2D eigenvalue weighted by Crippen LogP contribution is 2.31. The molecule has 0 amide bonds. The first-order chi connectivity index (χ1) is 7.05. The fourth-order valence-corrected chi connectivity index (χ4v) is 6.12. The van der Waals surface area contributed by atoms with E-state index in [1.165, 1.54) is 9.76 Å². The largest absolute Gasteiger partial charge is 0.330 e. The summed E-state index contributed by atoms with van der Waals surface area (Å²) in [5, 5.41) is 0. The second-order valence-electron chi connectivity index (χ2n) is 3.61. The van der Waals surface area contributed by atoms with Crippen LogP contribution in [0.15, 0.2) is 0 Å². The number of nitrogens with two attached hydrogens (primary N) is 2. The second kappa shape index (κ2) is 6.74. The minimum atomic E-state index is -1.16. The Morgan fingerprint density at radius 1 is 1.20 bits per heavy atom. The third kappa shape index (κ3) is 3.10. The summed E-state index contributed by atoms with van der Waals surface area (Å²) >= 11 is 0. The molecular formula is C8H24N2O3Si2. The summed E-state index contributed by atoms with van der Waals surface area (Å²) in [4.78, 5) is 0. The molecule has 0 aromatic rings. The van der Waals surface area contributed by atoms with Crippen molar-refractivity contribution in [3.8, 4) is 0 Å². The Hall–Kier alpha value is 0.234. The molecule has 0 fully saturated rings. The lowest BCUT2D eigenvalue weighted by molar-refractivity contribution is -0.381. The summed E-state index contributed by atoms with van der Waals surface area (Å²) in [6, 6.07) is 0.923. The monoisotopic (exact) mass is 252 g/mol. The molecule has 0 aliphatic heterocycles. The van der Waals surface area contributed by atoms with Crippen LogP contribution in [-0.4, -0.2) is 58.2 Å². The van der Waals surface area contributed by atoms with Crippen molar-refractivity contribution in [3.63, 3.8) is 0 Å². The van der Waals surface area contributed by atoms with Crippen molar-refractivity contribution in [3.05, 3.63) is 0 Å². The second-order valence-corrected chi connectivity index (χ2v) is 8.11. The minimum absolute atomic E-state index is 0.0999. The van der Waals surface area contributed by atoms with Crippen molar-refractivity contribution >= 4 is 18.8 Å². The van der Waals surface area contributed by atoms with E-state index < -0.39 is 11.5 Å². The third-order valence-electron chi connectivity index (χ3n) is 2.70. The van der Waals surface area contributed by atoms with E-state index in [1.54, 1.807) is 21.3 Å². The lowest BCUT2D eigenvalue weighted by Crippen LogP contribution is -2.64. The summed E-state index contributed by atoms with van der Waals surface area (Å²) in [5.41, 5.74) is 11.3. The molecule has 0 spiro atoms. The maximum atomic E-state index is 6.33. The molecule has 0 heterocycles. The zero-order valence-corrected chi connectivity index (χ0v) is 13.6. The van der Waals surface area contributed by atoms with Crippen LogP contribution in [0.3, 0.4) is 0 Å². The Kier molecular flexibility index (Phi) is 6.84. The van der Waals surface area contributed by atoms with Crippen LogP contribution in [0, 0.1) is 0 Å². The van der Waals surface area contributed by atoms with Gasteiger partial charge in [0.05, 0.1) is 5.54 Å². The molecule has 0 aliphatic carbocycles. The van der Waals surface area contributed by atoms with E-state index in [2.05, 4.69) is 0 Å². The molecule has 0 aromatic heterocycles. The SMILES string of the molecule is COC(OC)(OC)C(N)(CCN)C[SiH2][SiH3]. The Balaban J connectivity index is 4.97. The van der Waals surface area contributed by atoms with Gasteiger partial charge < -0.3 is 25.7 Å². The summed E-state index contributed by atoms with van der Waals surface area (Å²) in [5.74, 6) is -1.16. The Labute approximate surface area is 96.8 Å². The van der Waals surface area contributed by atoms with Crippen LogP contribution in [0.2, 0.25) is 6.04 Å². The summed E-state index contributed by atoms with van der Waals surface area (Å²) in [7, 11) is 5.74. The van der Waals surface area contributed by atoms with Gasteiger partial charge in [-0.05, 0) is 28.8 Å². The van der Waals surface area contributed by atoms with Crippen molar-refractivity contribution in [1.29, 1.82) is 0 Å². The average Bonchev–Trinajstić information content (AvgIpc) is 2.21. The quantitative estimate of drug-likeness (QED) is 0.369. The first-order valence-electron chi connectivity index (χ1n) is 5.20. The van der Waals surface area contributed by atoms with Crippen LogP contribution in [0.4, 0.5) is 0 Å². The van der Waals surface area contributed by atoms with Gasteiger partial charge in [0.15, 0.2) is 0 Å². The van der Waals surface area contributed by atoms with Crippen molar-refractivity contribution in [2.45, 2.75) is 24.0 Å². The van der Waals surface area contributed by atoms with E-state index in [1.807, 2.05) is 0 Å². The first-order valence-corrected chi connectivity index (χ1v) is 11.9. The van der Waals surface area contributed by atoms with Crippen LogP contribution in [0.25, 0.3) is 0 Å². The molecule has 92 valence electrons. The van der Waals surface area contributed by atoms with Gasteiger partial charge in [-0.2, -0.15) is 0 Å². The van der Waals surface area contributed by atoms with Crippen LogP contribution in [-0.2, 0) is 14.2 Å². The van der Waals surface area contributed by atoms with Gasteiger partial charge >= 0.3 is 5.97 Å². The number of rotatable bonds is 8. The van der Waals surface area contributed by atoms with Crippen molar-refractivity contribution in [2.75, 3.05) is 27.9 Å². The fraction of sp³-hybridized carbons (Fsp3) is 1.00. The number of ether oxygens (including phenoxy) is 3. The van der Waals surface area contributed by atoms with E-state index in [-0.39, 0.29) is 9.04 Å². The molecular weight excluding hydrogens is 228 g/mol. The standard InChI is InChI=1S/C8H24N2O3Si2/c1-11-8(12-2,13-3)7(10,4-5-9)6-15-14/h4-6,9-10,15H2,1-3,14H3. The highest BCUT2D eigenvalue weighted by Gasteiger charge is 2.50. The summed E-state index contributed by atoms with van der Waals surface area (Å²) in [6.07, 6.45) is 0.637. The Morgan fingerprint density at radius 3 is 1.93 bits per heavy atom. The van der Waals surface area contributed by atoms with Crippen molar-refractivity contribution < 1.29 is 14.2 Å². The molecule has 5 nitrogen and oxygen atoms in total. The van der Waals surface area contributed by atoms with Crippen LogP contribution >= 0.6 is 0 Å². The predicted octanol–water partition coefficient (Wildman–Crippen LogP) is -2.51. The molecule has 0 aliphatic rings. The molecule has 1 atom stereocenters. The number of methoxy groups -OCH3 is 3. The number of hydrogen-bond donors (Lipinski definition) is 2. The fourth-order valence-electron chi connectivity index (χ4n) is 1.99. The summed E-state index contributed by atoms with van der Waals surface area (Å²) in [6.45, 7) is 0.504. The predicted molar refractivity (Wildman–Crippen MR) is 67.6 cm³/mol. The van der Waals surface area contributed by atoms with Gasteiger partial charge in [0.25, 0.3) is 0 Å². The number of hydrogen-bond acceptors (Lipinski definition) is 5. The van der Waals surface area contributed by atoms with Gasteiger partial charge in [0.2, 0.25) is 0 Å². The van der Waals surface area contributed by atoms with E-state index >= 15 is 0 Å². The van der Waals surface area contributed by atoms with Crippen LogP contribution in [0.5, 0.6) is 0 Å². The minimum Gasteiger partial charge on any atom is -0.330 e. The van der Waals surface area contributed by atoms with E-state index in [9.17, 15) is 0 Å². The van der Waals surface area contributed by atoms with Gasteiger partial charge in [0, 0.05) is 30.4 Å². The molecule has 0 saturated heterocycles. The molecule has 15 heavy (non-hydrogen) atoms. The van der Waals surface area contributed by atoms with Crippen LogP contribution in [0.1, 0.15) is 6.42 Å². The van der Waals surface area contributed by atoms with Crippen molar-refractivity contribution in [2.24, 2.45) is 11.5 Å².